The van der Waals surface area contributed by atoms with E-state index in [4.69, 9.17) is 0 Å². The minimum Gasteiger partial charge on any atom is -0.334 e. The molecule has 1 unspecified atom stereocenters. The van der Waals surface area contributed by atoms with Crippen LogP contribution < -0.4 is 0 Å². The van der Waals surface area contributed by atoms with E-state index in [1.165, 1.54) is 4.90 Å². The first-order valence-corrected chi connectivity index (χ1v) is 10.7. The summed E-state index contributed by atoms with van der Waals surface area (Å²) in [4.78, 5) is 42.9. The fourth-order valence-electron chi connectivity index (χ4n) is 4.16. The molecule has 28 heavy (non-hydrogen) atoms. The van der Waals surface area contributed by atoms with Crippen molar-refractivity contribution >= 4 is 29.1 Å². The van der Waals surface area contributed by atoms with Crippen LogP contribution in [0.15, 0.2) is 35.7 Å². The Kier molecular flexibility index (Phi) is 5.06. The average Bonchev–Trinajstić information content (AvgIpc) is 3.34. The first kappa shape index (κ1) is 18.9. The molecule has 5 nitrogen and oxygen atoms in total. The molecular formula is C22H24N2O3S. The van der Waals surface area contributed by atoms with Gasteiger partial charge in [0.2, 0.25) is 0 Å². The molecule has 0 radical (unpaired) electrons. The van der Waals surface area contributed by atoms with E-state index in [2.05, 4.69) is 0 Å². The van der Waals surface area contributed by atoms with E-state index in [0.717, 1.165) is 37.0 Å². The lowest BCUT2D eigenvalue weighted by molar-refractivity contribution is 0.0548. The lowest BCUT2D eigenvalue weighted by Crippen LogP contribution is -2.40. The monoisotopic (exact) mass is 396 g/mol. The van der Waals surface area contributed by atoms with Crippen molar-refractivity contribution in [2.75, 3.05) is 7.05 Å². The number of rotatable bonds is 4. The summed E-state index contributed by atoms with van der Waals surface area (Å²) >= 11 is 1.61. The summed E-state index contributed by atoms with van der Waals surface area (Å²) < 4.78 is 0. The van der Waals surface area contributed by atoms with Gasteiger partial charge in [0.25, 0.3) is 17.7 Å². The van der Waals surface area contributed by atoms with Crippen molar-refractivity contribution in [3.05, 3.63) is 57.3 Å². The van der Waals surface area contributed by atoms with Crippen LogP contribution in [0, 0.1) is 0 Å². The van der Waals surface area contributed by atoms with Gasteiger partial charge in [0.1, 0.15) is 0 Å². The fraction of sp³-hybridized carbons (Fsp3) is 0.409. The highest BCUT2D eigenvalue weighted by Crippen LogP contribution is 2.32. The molecule has 0 spiro atoms. The molecule has 1 saturated carbocycles. The number of fused-ring (bicyclic) bond motifs is 1. The number of hydrogen-bond acceptors (Lipinski definition) is 4. The molecule has 1 atom stereocenters. The Morgan fingerprint density at radius 2 is 1.82 bits per heavy atom. The standard InChI is InChI=1S/C22H24N2O3S/c1-14(19-9-6-12-28-19)23(2)20(25)15-10-11-17-18(13-15)22(27)24(21(17)26)16-7-4-3-5-8-16/h6,9-14,16H,3-5,7-8H2,1-2H3. The summed E-state index contributed by atoms with van der Waals surface area (Å²) in [5.41, 5.74) is 1.22. The van der Waals surface area contributed by atoms with E-state index < -0.39 is 0 Å². The number of thiophene rings is 1. The lowest BCUT2D eigenvalue weighted by atomic mass is 9.94. The number of carbonyl (C=O) groups is 3. The SMILES string of the molecule is CC(c1cccs1)N(C)C(=O)c1ccc2c(c1)C(=O)N(C1CCCCC1)C2=O. The molecule has 0 bridgehead atoms. The predicted molar refractivity (Wildman–Crippen MR) is 109 cm³/mol. The fourth-order valence-corrected chi connectivity index (χ4v) is 4.99. The zero-order chi connectivity index (χ0) is 19.8. The Morgan fingerprint density at radius 3 is 2.50 bits per heavy atom. The Labute approximate surface area is 169 Å². The highest BCUT2D eigenvalue weighted by molar-refractivity contribution is 7.10. The van der Waals surface area contributed by atoms with Crippen LogP contribution >= 0.6 is 11.3 Å². The zero-order valence-corrected chi connectivity index (χ0v) is 17.0. The van der Waals surface area contributed by atoms with Gasteiger partial charge in [-0.15, -0.1) is 11.3 Å². The number of amides is 3. The highest BCUT2D eigenvalue weighted by atomic mass is 32.1. The number of carbonyl (C=O) groups excluding carboxylic acids is 3. The summed E-state index contributed by atoms with van der Waals surface area (Å²) in [5.74, 6) is -0.623. The molecule has 1 aliphatic heterocycles. The Morgan fingerprint density at radius 1 is 1.11 bits per heavy atom. The first-order valence-electron chi connectivity index (χ1n) is 9.81. The molecule has 2 aromatic rings. The van der Waals surface area contributed by atoms with Crippen molar-refractivity contribution in [2.24, 2.45) is 0 Å². The van der Waals surface area contributed by atoms with E-state index >= 15 is 0 Å². The number of hydrogen-bond donors (Lipinski definition) is 0. The Bertz CT molecular complexity index is 916. The summed E-state index contributed by atoms with van der Waals surface area (Å²) in [6.45, 7) is 1.98. The molecule has 146 valence electrons. The molecular weight excluding hydrogens is 372 g/mol. The maximum absolute atomic E-state index is 13.0. The normalized spacial score (nSPS) is 18.3. The largest absolute Gasteiger partial charge is 0.334 e. The van der Waals surface area contributed by atoms with Gasteiger partial charge in [0.15, 0.2) is 0 Å². The highest BCUT2D eigenvalue weighted by Gasteiger charge is 2.40. The predicted octanol–water partition coefficient (Wildman–Crippen LogP) is 4.51. The zero-order valence-electron chi connectivity index (χ0n) is 16.2. The second-order valence-corrected chi connectivity index (χ2v) is 8.62. The second-order valence-electron chi connectivity index (χ2n) is 7.64. The van der Waals surface area contributed by atoms with Crippen molar-refractivity contribution in [2.45, 2.75) is 51.1 Å². The third kappa shape index (κ3) is 3.15. The van der Waals surface area contributed by atoms with Gasteiger partial charge in [0.05, 0.1) is 17.2 Å². The summed E-state index contributed by atoms with van der Waals surface area (Å²) in [7, 11) is 1.77. The van der Waals surface area contributed by atoms with Gasteiger partial charge < -0.3 is 4.90 Å². The number of benzene rings is 1. The van der Waals surface area contributed by atoms with Gasteiger partial charge in [0, 0.05) is 23.5 Å². The minimum absolute atomic E-state index is 0.0122. The summed E-state index contributed by atoms with van der Waals surface area (Å²) in [5, 5.41) is 1.99. The average molecular weight is 397 g/mol. The third-order valence-electron chi connectivity index (χ3n) is 5.96. The van der Waals surface area contributed by atoms with Gasteiger partial charge in [-0.25, -0.2) is 0 Å². The van der Waals surface area contributed by atoms with E-state index in [0.29, 0.717) is 16.7 Å². The van der Waals surface area contributed by atoms with Crippen LogP contribution in [0.3, 0.4) is 0 Å². The van der Waals surface area contributed by atoms with Crippen molar-refractivity contribution in [1.82, 2.24) is 9.80 Å². The molecule has 0 N–H and O–H groups in total. The molecule has 2 heterocycles. The van der Waals surface area contributed by atoms with Crippen LogP contribution in [0.4, 0.5) is 0 Å². The molecule has 2 aliphatic rings. The van der Waals surface area contributed by atoms with Gasteiger partial charge in [-0.1, -0.05) is 25.3 Å². The maximum atomic E-state index is 13.0. The van der Waals surface area contributed by atoms with Crippen molar-refractivity contribution in [3.8, 4) is 0 Å². The van der Waals surface area contributed by atoms with E-state index in [1.807, 2.05) is 24.4 Å². The van der Waals surface area contributed by atoms with Gasteiger partial charge >= 0.3 is 0 Å². The summed E-state index contributed by atoms with van der Waals surface area (Å²) in [6, 6.07) is 8.79. The lowest BCUT2D eigenvalue weighted by Gasteiger charge is -2.29. The van der Waals surface area contributed by atoms with Crippen LogP contribution in [0.5, 0.6) is 0 Å². The van der Waals surface area contributed by atoms with Crippen LogP contribution in [-0.2, 0) is 0 Å². The van der Waals surface area contributed by atoms with Crippen LogP contribution in [0.2, 0.25) is 0 Å². The first-order chi connectivity index (χ1) is 13.5. The topological polar surface area (TPSA) is 57.7 Å². The molecule has 4 rings (SSSR count). The molecule has 1 aliphatic carbocycles. The molecule has 3 amide bonds. The summed E-state index contributed by atoms with van der Waals surface area (Å²) in [6.07, 6.45) is 5.00. The van der Waals surface area contributed by atoms with E-state index in [9.17, 15) is 14.4 Å². The van der Waals surface area contributed by atoms with Crippen LogP contribution in [-0.4, -0.2) is 40.6 Å². The van der Waals surface area contributed by atoms with Gasteiger partial charge in [-0.05, 0) is 49.4 Å². The third-order valence-corrected chi connectivity index (χ3v) is 7.00. The van der Waals surface area contributed by atoms with Crippen molar-refractivity contribution < 1.29 is 14.4 Å². The molecule has 1 aromatic heterocycles. The molecule has 1 fully saturated rings. The van der Waals surface area contributed by atoms with Crippen molar-refractivity contribution in [3.63, 3.8) is 0 Å². The van der Waals surface area contributed by atoms with Gasteiger partial charge in [-0.3, -0.25) is 19.3 Å². The smallest absolute Gasteiger partial charge is 0.261 e. The van der Waals surface area contributed by atoms with Gasteiger partial charge in [-0.2, -0.15) is 0 Å². The second kappa shape index (κ2) is 7.51. The molecule has 6 heteroatoms. The Hall–Kier alpha value is -2.47. The minimum atomic E-state index is -0.254. The van der Waals surface area contributed by atoms with E-state index in [1.54, 1.807) is 41.5 Å². The maximum Gasteiger partial charge on any atom is 0.261 e. The molecule has 1 aromatic carbocycles. The van der Waals surface area contributed by atoms with Crippen LogP contribution in [0.25, 0.3) is 0 Å². The Balaban J connectivity index is 1.58. The number of imide groups is 1. The van der Waals surface area contributed by atoms with Crippen LogP contribution in [0.1, 0.15) is 81.0 Å². The van der Waals surface area contributed by atoms with Crippen molar-refractivity contribution in [1.29, 1.82) is 0 Å². The van der Waals surface area contributed by atoms with E-state index in [-0.39, 0.29) is 29.8 Å². The number of nitrogens with zero attached hydrogens (tertiary/aromatic N) is 2. The molecule has 0 saturated heterocycles. The quantitative estimate of drug-likeness (QED) is 0.715.